The van der Waals surface area contributed by atoms with Gasteiger partial charge in [-0.3, -0.25) is 0 Å². The molecular formula is C15H23ClO2. The normalized spacial score (nSPS) is 16.3. The third kappa shape index (κ3) is 3.71. The lowest BCUT2D eigenvalue weighted by Crippen LogP contribution is -2.43. The minimum absolute atomic E-state index is 0.511. The highest BCUT2D eigenvalue weighted by Gasteiger charge is 2.32. The molecule has 2 unspecified atom stereocenters. The van der Waals surface area contributed by atoms with Gasteiger partial charge in [-0.15, -0.1) is 0 Å². The summed E-state index contributed by atoms with van der Waals surface area (Å²) in [6.07, 6.45) is 0.734. The Morgan fingerprint density at radius 2 is 2.06 bits per heavy atom. The van der Waals surface area contributed by atoms with E-state index in [4.69, 9.17) is 16.3 Å². The van der Waals surface area contributed by atoms with Gasteiger partial charge in [-0.25, -0.2) is 0 Å². The lowest BCUT2D eigenvalue weighted by molar-refractivity contribution is -0.110. The fourth-order valence-corrected chi connectivity index (χ4v) is 2.32. The molecule has 0 aliphatic heterocycles. The van der Waals surface area contributed by atoms with Crippen LogP contribution in [0, 0.1) is 6.92 Å². The molecule has 0 aromatic heterocycles. The van der Waals surface area contributed by atoms with Crippen molar-refractivity contribution >= 4 is 11.6 Å². The zero-order valence-electron chi connectivity index (χ0n) is 11.7. The van der Waals surface area contributed by atoms with Gasteiger partial charge in [0.05, 0.1) is 11.7 Å². The third-order valence-electron chi connectivity index (χ3n) is 3.50. The molecule has 1 aromatic rings. The third-order valence-corrected chi connectivity index (χ3v) is 3.85. The average molecular weight is 271 g/mol. The summed E-state index contributed by atoms with van der Waals surface area (Å²) in [5.74, 6) is 0. The summed E-state index contributed by atoms with van der Waals surface area (Å²) in [6, 6.07) is 5.91. The fraction of sp³-hybridized carbons (Fsp3) is 0.600. The SMILES string of the molecule is CCOC(C)(CC)C(O)Cc1ccc(C)cc1Cl. The van der Waals surface area contributed by atoms with Crippen LogP contribution in [-0.4, -0.2) is 23.4 Å². The van der Waals surface area contributed by atoms with Crippen LogP contribution in [0.3, 0.4) is 0 Å². The van der Waals surface area contributed by atoms with E-state index in [2.05, 4.69) is 0 Å². The van der Waals surface area contributed by atoms with Crippen molar-refractivity contribution in [2.24, 2.45) is 0 Å². The number of hydrogen-bond acceptors (Lipinski definition) is 2. The Bertz CT molecular complexity index is 392. The summed E-state index contributed by atoms with van der Waals surface area (Å²) in [5, 5.41) is 11.1. The molecule has 0 saturated carbocycles. The molecular weight excluding hydrogens is 248 g/mol. The number of rotatable bonds is 6. The molecule has 3 heteroatoms. The molecule has 1 aromatic carbocycles. The molecule has 0 fully saturated rings. The van der Waals surface area contributed by atoms with Crippen LogP contribution in [0.15, 0.2) is 18.2 Å². The molecule has 2 nitrogen and oxygen atoms in total. The van der Waals surface area contributed by atoms with Gasteiger partial charge in [-0.2, -0.15) is 0 Å². The minimum atomic E-state index is -0.553. The van der Waals surface area contributed by atoms with Gasteiger partial charge in [-0.05, 0) is 44.4 Å². The van der Waals surface area contributed by atoms with Crippen molar-refractivity contribution in [2.45, 2.75) is 52.2 Å². The molecule has 0 aliphatic carbocycles. The summed E-state index contributed by atoms with van der Waals surface area (Å²) in [6.45, 7) is 8.52. The van der Waals surface area contributed by atoms with E-state index >= 15 is 0 Å². The molecule has 18 heavy (non-hydrogen) atoms. The molecule has 0 amide bonds. The largest absolute Gasteiger partial charge is 0.390 e. The van der Waals surface area contributed by atoms with Gasteiger partial charge < -0.3 is 9.84 Å². The van der Waals surface area contributed by atoms with Gasteiger partial charge in [0.2, 0.25) is 0 Å². The molecule has 0 spiro atoms. The summed E-state index contributed by atoms with van der Waals surface area (Å²) in [7, 11) is 0. The van der Waals surface area contributed by atoms with Crippen LogP contribution in [0.4, 0.5) is 0 Å². The van der Waals surface area contributed by atoms with Crippen LogP contribution in [0.1, 0.15) is 38.3 Å². The van der Waals surface area contributed by atoms with E-state index in [1.54, 1.807) is 0 Å². The lowest BCUT2D eigenvalue weighted by atomic mass is 9.90. The second kappa shape index (κ2) is 6.55. The molecule has 102 valence electrons. The smallest absolute Gasteiger partial charge is 0.0912 e. The summed E-state index contributed by atoms with van der Waals surface area (Å²) >= 11 is 6.19. The van der Waals surface area contributed by atoms with Crippen molar-refractivity contribution in [1.82, 2.24) is 0 Å². The predicted octanol–water partition coefficient (Wildman–Crippen LogP) is 3.76. The van der Waals surface area contributed by atoms with Crippen molar-refractivity contribution in [3.8, 4) is 0 Å². The molecule has 0 radical (unpaired) electrons. The summed E-state index contributed by atoms with van der Waals surface area (Å²) in [4.78, 5) is 0. The number of hydrogen-bond donors (Lipinski definition) is 1. The second-order valence-corrected chi connectivity index (χ2v) is 5.32. The standard InChI is InChI=1S/C15H23ClO2/c1-5-15(4,18-6-2)14(17)10-12-8-7-11(3)9-13(12)16/h7-9,14,17H,5-6,10H2,1-4H3. The number of aliphatic hydroxyl groups is 1. The number of aryl methyl sites for hydroxylation is 1. The van der Waals surface area contributed by atoms with E-state index in [0.29, 0.717) is 18.1 Å². The first kappa shape index (κ1) is 15.5. The maximum Gasteiger partial charge on any atom is 0.0912 e. The summed E-state index contributed by atoms with van der Waals surface area (Å²) < 4.78 is 5.68. The van der Waals surface area contributed by atoms with E-state index < -0.39 is 11.7 Å². The highest BCUT2D eigenvalue weighted by Crippen LogP contribution is 2.26. The molecule has 0 heterocycles. The van der Waals surface area contributed by atoms with E-state index in [1.807, 2.05) is 45.9 Å². The van der Waals surface area contributed by atoms with Crippen LogP contribution in [0.25, 0.3) is 0 Å². The van der Waals surface area contributed by atoms with Crippen LogP contribution < -0.4 is 0 Å². The zero-order valence-corrected chi connectivity index (χ0v) is 12.4. The fourth-order valence-electron chi connectivity index (χ4n) is 2.01. The monoisotopic (exact) mass is 270 g/mol. The quantitative estimate of drug-likeness (QED) is 0.853. The van der Waals surface area contributed by atoms with Crippen molar-refractivity contribution in [2.75, 3.05) is 6.61 Å². The Kier molecular flexibility index (Phi) is 5.64. The van der Waals surface area contributed by atoms with Gasteiger partial charge in [0.25, 0.3) is 0 Å². The van der Waals surface area contributed by atoms with E-state index in [0.717, 1.165) is 17.5 Å². The molecule has 1 rings (SSSR count). The maximum absolute atomic E-state index is 10.4. The molecule has 0 bridgehead atoms. The Morgan fingerprint density at radius 3 is 2.56 bits per heavy atom. The van der Waals surface area contributed by atoms with Crippen LogP contribution >= 0.6 is 11.6 Å². The Labute approximate surface area is 115 Å². The van der Waals surface area contributed by atoms with E-state index in [9.17, 15) is 5.11 Å². The van der Waals surface area contributed by atoms with Gasteiger partial charge >= 0.3 is 0 Å². The van der Waals surface area contributed by atoms with Crippen molar-refractivity contribution in [3.63, 3.8) is 0 Å². The zero-order chi connectivity index (χ0) is 13.8. The van der Waals surface area contributed by atoms with Gasteiger partial charge in [0.1, 0.15) is 0 Å². The van der Waals surface area contributed by atoms with Crippen molar-refractivity contribution in [3.05, 3.63) is 34.3 Å². The number of ether oxygens (including phenoxy) is 1. The number of halogens is 1. The van der Waals surface area contributed by atoms with Crippen LogP contribution in [0.5, 0.6) is 0 Å². The number of benzene rings is 1. The van der Waals surface area contributed by atoms with E-state index in [-0.39, 0.29) is 0 Å². The Morgan fingerprint density at radius 1 is 1.39 bits per heavy atom. The minimum Gasteiger partial charge on any atom is -0.390 e. The predicted molar refractivity (Wildman–Crippen MR) is 76.2 cm³/mol. The molecule has 1 N–H and O–H groups in total. The van der Waals surface area contributed by atoms with Crippen LogP contribution in [-0.2, 0) is 11.2 Å². The van der Waals surface area contributed by atoms with Crippen LogP contribution in [0.2, 0.25) is 5.02 Å². The second-order valence-electron chi connectivity index (χ2n) is 4.91. The Balaban J connectivity index is 2.82. The highest BCUT2D eigenvalue weighted by molar-refractivity contribution is 6.31. The van der Waals surface area contributed by atoms with Gasteiger partial charge in [0.15, 0.2) is 0 Å². The molecule has 0 aliphatic rings. The van der Waals surface area contributed by atoms with E-state index in [1.165, 1.54) is 0 Å². The van der Waals surface area contributed by atoms with Crippen molar-refractivity contribution in [1.29, 1.82) is 0 Å². The highest BCUT2D eigenvalue weighted by atomic mass is 35.5. The maximum atomic E-state index is 10.4. The first-order valence-electron chi connectivity index (χ1n) is 6.50. The topological polar surface area (TPSA) is 29.5 Å². The van der Waals surface area contributed by atoms with Crippen molar-refractivity contribution < 1.29 is 9.84 Å². The summed E-state index contributed by atoms with van der Waals surface area (Å²) in [5.41, 5.74) is 1.58. The molecule has 2 atom stereocenters. The molecule has 0 saturated heterocycles. The first-order valence-corrected chi connectivity index (χ1v) is 6.87. The Hall–Kier alpha value is -0.570. The average Bonchev–Trinajstić information content (AvgIpc) is 2.32. The van der Waals surface area contributed by atoms with Gasteiger partial charge in [0, 0.05) is 18.1 Å². The first-order chi connectivity index (χ1) is 8.42. The van der Waals surface area contributed by atoms with Gasteiger partial charge in [-0.1, -0.05) is 30.7 Å². The number of aliphatic hydroxyl groups excluding tert-OH is 1. The lowest BCUT2D eigenvalue weighted by Gasteiger charge is -2.33.